The molecule has 0 saturated heterocycles. The largest absolute Gasteiger partial charge is 0.466 e. The van der Waals surface area contributed by atoms with Gasteiger partial charge in [-0.15, -0.1) is 0 Å². The van der Waals surface area contributed by atoms with Gasteiger partial charge < -0.3 is 4.74 Å². The third-order valence-corrected chi connectivity index (χ3v) is 3.49. The Bertz CT molecular complexity index is 243. The first-order valence-corrected chi connectivity index (χ1v) is 7.12. The van der Waals surface area contributed by atoms with E-state index in [1.807, 2.05) is 0 Å². The summed E-state index contributed by atoms with van der Waals surface area (Å²) >= 11 is 0. The number of methoxy groups -OCH3 is 1. The van der Waals surface area contributed by atoms with Crippen LogP contribution >= 0.6 is 0 Å². The summed E-state index contributed by atoms with van der Waals surface area (Å²) in [5.74, 6) is -0.125. The van der Waals surface area contributed by atoms with Crippen LogP contribution in [-0.4, -0.2) is 13.1 Å². The van der Waals surface area contributed by atoms with E-state index in [1.54, 1.807) is 0 Å². The van der Waals surface area contributed by atoms with E-state index < -0.39 is 0 Å². The molecule has 98 valence electrons. The first-order valence-electron chi connectivity index (χ1n) is 7.12. The van der Waals surface area contributed by atoms with Crippen LogP contribution in [0.1, 0.15) is 70.6 Å². The maximum absolute atomic E-state index is 11.6. The van der Waals surface area contributed by atoms with E-state index >= 15 is 0 Å². The van der Waals surface area contributed by atoms with Gasteiger partial charge in [0.05, 0.1) is 7.11 Å². The minimum atomic E-state index is -0.125. The number of hydrogen-bond acceptors (Lipinski definition) is 2. The zero-order valence-electron chi connectivity index (χ0n) is 11.2. The summed E-state index contributed by atoms with van der Waals surface area (Å²) in [6.07, 6.45) is 15.7. The second kappa shape index (κ2) is 9.26. The number of ether oxygens (including phenoxy) is 1. The maximum atomic E-state index is 11.6. The van der Waals surface area contributed by atoms with Gasteiger partial charge in [0.15, 0.2) is 0 Å². The molecule has 0 fully saturated rings. The summed E-state index contributed by atoms with van der Waals surface area (Å²) in [4.78, 5) is 11.6. The molecule has 1 rings (SSSR count). The fourth-order valence-corrected chi connectivity index (χ4v) is 2.39. The van der Waals surface area contributed by atoms with Gasteiger partial charge in [-0.3, -0.25) is 0 Å². The van der Waals surface area contributed by atoms with Crippen LogP contribution in [0, 0.1) is 0 Å². The maximum Gasteiger partial charge on any atom is 0.333 e. The molecule has 0 saturated carbocycles. The molecule has 0 unspecified atom stereocenters. The Morgan fingerprint density at radius 3 is 2.06 bits per heavy atom. The zero-order chi connectivity index (χ0) is 12.3. The molecule has 2 nitrogen and oxygen atoms in total. The molecule has 0 amide bonds. The number of carbonyl (C=O) groups is 1. The lowest BCUT2D eigenvalue weighted by Crippen LogP contribution is -2.05. The van der Waals surface area contributed by atoms with Crippen LogP contribution in [-0.2, 0) is 9.53 Å². The molecule has 1 aliphatic carbocycles. The van der Waals surface area contributed by atoms with Gasteiger partial charge in [-0.2, -0.15) is 0 Å². The van der Waals surface area contributed by atoms with Crippen LogP contribution < -0.4 is 0 Å². The van der Waals surface area contributed by atoms with E-state index in [-0.39, 0.29) is 5.97 Å². The van der Waals surface area contributed by atoms with E-state index in [0.29, 0.717) is 0 Å². The van der Waals surface area contributed by atoms with E-state index in [4.69, 9.17) is 4.74 Å². The Kier molecular flexibility index (Phi) is 7.78. The summed E-state index contributed by atoms with van der Waals surface area (Å²) in [6.45, 7) is 0. The molecular weight excluding hydrogens is 212 g/mol. The van der Waals surface area contributed by atoms with Crippen LogP contribution in [0.25, 0.3) is 0 Å². The molecule has 0 aromatic heterocycles. The minimum absolute atomic E-state index is 0.125. The number of hydrogen-bond donors (Lipinski definition) is 0. The highest BCUT2D eigenvalue weighted by Crippen LogP contribution is 2.17. The Morgan fingerprint density at radius 1 is 0.941 bits per heavy atom. The van der Waals surface area contributed by atoms with Crippen LogP contribution in [0.2, 0.25) is 0 Å². The van der Waals surface area contributed by atoms with Gasteiger partial charge >= 0.3 is 5.97 Å². The minimum Gasteiger partial charge on any atom is -0.466 e. The van der Waals surface area contributed by atoms with Crippen LogP contribution in [0.15, 0.2) is 11.6 Å². The van der Waals surface area contributed by atoms with Gasteiger partial charge in [0.2, 0.25) is 0 Å². The van der Waals surface area contributed by atoms with Crippen molar-refractivity contribution in [3.63, 3.8) is 0 Å². The molecule has 1 aliphatic rings. The van der Waals surface area contributed by atoms with Gasteiger partial charge in [0.25, 0.3) is 0 Å². The second-order valence-corrected chi connectivity index (χ2v) is 4.94. The Morgan fingerprint density at radius 2 is 1.47 bits per heavy atom. The molecule has 0 aromatic carbocycles. The molecule has 0 aliphatic heterocycles. The summed E-state index contributed by atoms with van der Waals surface area (Å²) in [5, 5.41) is 0. The average Bonchev–Trinajstić information content (AvgIpc) is 2.38. The molecule has 0 radical (unpaired) electrons. The number of esters is 1. The van der Waals surface area contributed by atoms with Gasteiger partial charge in [0.1, 0.15) is 0 Å². The number of rotatable bonds is 1. The normalized spacial score (nSPS) is 23.5. The third kappa shape index (κ3) is 6.50. The number of carbonyl (C=O) groups excluding carboxylic acids is 1. The highest BCUT2D eigenvalue weighted by molar-refractivity contribution is 5.88. The second-order valence-electron chi connectivity index (χ2n) is 4.94. The topological polar surface area (TPSA) is 26.3 Å². The van der Waals surface area contributed by atoms with Gasteiger partial charge in [0, 0.05) is 5.57 Å². The highest BCUT2D eigenvalue weighted by Gasteiger charge is 2.08. The number of allylic oxidation sites excluding steroid dienone is 1. The summed E-state index contributed by atoms with van der Waals surface area (Å²) in [6, 6.07) is 0. The van der Waals surface area contributed by atoms with E-state index in [9.17, 15) is 4.79 Å². The molecule has 0 atom stereocenters. The summed E-state index contributed by atoms with van der Waals surface area (Å²) < 4.78 is 4.83. The fraction of sp³-hybridized carbons (Fsp3) is 0.800. The van der Waals surface area contributed by atoms with Crippen LogP contribution in [0.5, 0.6) is 0 Å². The molecule has 0 heterocycles. The van der Waals surface area contributed by atoms with Crippen molar-refractivity contribution in [3.05, 3.63) is 11.6 Å². The Hall–Kier alpha value is -0.790. The van der Waals surface area contributed by atoms with Crippen molar-refractivity contribution in [2.75, 3.05) is 7.11 Å². The van der Waals surface area contributed by atoms with Gasteiger partial charge in [-0.05, 0) is 25.7 Å². The van der Waals surface area contributed by atoms with Gasteiger partial charge in [-0.25, -0.2) is 4.79 Å². The summed E-state index contributed by atoms with van der Waals surface area (Å²) in [7, 11) is 1.48. The highest BCUT2D eigenvalue weighted by atomic mass is 16.5. The predicted octanol–water partition coefficient (Wildman–Crippen LogP) is 4.39. The van der Waals surface area contributed by atoms with Crippen LogP contribution in [0.4, 0.5) is 0 Å². The lowest BCUT2D eigenvalue weighted by Gasteiger charge is -2.05. The van der Waals surface area contributed by atoms with Crippen molar-refractivity contribution >= 4 is 5.97 Å². The third-order valence-electron chi connectivity index (χ3n) is 3.49. The molecule has 0 bridgehead atoms. The van der Waals surface area contributed by atoms with E-state index in [0.717, 1.165) is 24.8 Å². The average molecular weight is 238 g/mol. The first kappa shape index (κ1) is 14.3. The van der Waals surface area contributed by atoms with Crippen LogP contribution in [0.3, 0.4) is 0 Å². The van der Waals surface area contributed by atoms with Crippen molar-refractivity contribution < 1.29 is 9.53 Å². The Labute approximate surface area is 105 Å². The molecule has 17 heavy (non-hydrogen) atoms. The van der Waals surface area contributed by atoms with Crippen molar-refractivity contribution in [1.82, 2.24) is 0 Å². The van der Waals surface area contributed by atoms with Crippen molar-refractivity contribution in [2.24, 2.45) is 0 Å². The lowest BCUT2D eigenvalue weighted by molar-refractivity contribution is -0.136. The monoisotopic (exact) mass is 238 g/mol. The standard InChI is InChI=1S/C15H26O2/c1-17-15(16)14-12-10-8-6-4-2-3-5-7-9-11-13-14/h12H,2-11,13H2,1H3/b14-12+. The SMILES string of the molecule is COC(=O)/C1=C/CCCCCCCCCCC1. The van der Waals surface area contributed by atoms with E-state index in [2.05, 4.69) is 6.08 Å². The molecular formula is C15H26O2. The lowest BCUT2D eigenvalue weighted by atomic mass is 10.0. The smallest absolute Gasteiger partial charge is 0.333 e. The first-order chi connectivity index (χ1) is 8.34. The van der Waals surface area contributed by atoms with Crippen molar-refractivity contribution in [1.29, 1.82) is 0 Å². The summed E-state index contributed by atoms with van der Waals surface area (Å²) in [5.41, 5.74) is 0.895. The van der Waals surface area contributed by atoms with E-state index in [1.165, 1.54) is 58.5 Å². The molecule has 0 N–H and O–H groups in total. The van der Waals surface area contributed by atoms with Gasteiger partial charge in [-0.1, -0.05) is 51.0 Å². The molecule has 2 heteroatoms. The quantitative estimate of drug-likeness (QED) is 0.633. The van der Waals surface area contributed by atoms with Crippen molar-refractivity contribution in [3.8, 4) is 0 Å². The molecule has 0 aromatic rings. The Balaban J connectivity index is 2.44. The zero-order valence-corrected chi connectivity index (χ0v) is 11.2. The fourth-order valence-electron chi connectivity index (χ4n) is 2.39. The molecule has 0 spiro atoms. The predicted molar refractivity (Wildman–Crippen MR) is 70.9 cm³/mol. The van der Waals surface area contributed by atoms with Crippen molar-refractivity contribution in [2.45, 2.75) is 70.6 Å².